The van der Waals surface area contributed by atoms with Gasteiger partial charge < -0.3 is 14.2 Å². The molecule has 0 radical (unpaired) electrons. The van der Waals surface area contributed by atoms with Crippen molar-refractivity contribution >= 4 is 40.6 Å². The smallest absolute Gasteiger partial charge is 0.410 e. The Morgan fingerprint density at radius 3 is 2.54 bits per heavy atom. The number of thioether (sulfide) groups is 1. The van der Waals surface area contributed by atoms with Crippen LogP contribution in [-0.4, -0.2) is 59.3 Å². The predicted molar refractivity (Wildman–Crippen MR) is 133 cm³/mol. The number of nitrogens with one attached hydrogen (secondary N) is 1. The number of carbonyl (C=O) groups is 3. The molecule has 0 aromatic heterocycles. The highest BCUT2D eigenvalue weighted by molar-refractivity contribution is 8.15. The number of carbonyl (C=O) groups excluding carboxylic acids is 3. The van der Waals surface area contributed by atoms with E-state index in [1.807, 2.05) is 38.1 Å². The van der Waals surface area contributed by atoms with E-state index in [1.165, 1.54) is 0 Å². The zero-order valence-corrected chi connectivity index (χ0v) is 21.0. The molecule has 0 aliphatic carbocycles. The van der Waals surface area contributed by atoms with Gasteiger partial charge in [0.1, 0.15) is 24.7 Å². The highest BCUT2D eigenvalue weighted by Crippen LogP contribution is 2.25. The number of halogens is 1. The van der Waals surface area contributed by atoms with E-state index in [4.69, 9.17) is 25.8 Å². The van der Waals surface area contributed by atoms with E-state index >= 15 is 0 Å². The fourth-order valence-corrected chi connectivity index (χ4v) is 4.97. The number of benzene rings is 2. The maximum Gasteiger partial charge on any atom is 0.410 e. The number of cyclic esters (lactones) is 1. The Bertz CT molecular complexity index is 1080. The minimum absolute atomic E-state index is 0.143. The standard InChI is InChI=1S/C25H27ClN2O6S/c1-15(2)21(28-12-20(34-25(28)31)13-32-19-5-3-4-17(26)11-19)14-33-18-8-6-16(7-9-18)10-22-23(29)27-24(30)35-22/h3-9,11,15,20-22H,10,12-14H2,1-2H3,(H,27,29,30). The van der Waals surface area contributed by atoms with Gasteiger partial charge in [-0.25, -0.2) is 4.79 Å². The molecule has 186 valence electrons. The highest BCUT2D eigenvalue weighted by Gasteiger charge is 2.38. The lowest BCUT2D eigenvalue weighted by Crippen LogP contribution is -2.44. The molecule has 8 nitrogen and oxygen atoms in total. The van der Waals surface area contributed by atoms with E-state index in [9.17, 15) is 14.4 Å². The first-order chi connectivity index (χ1) is 16.8. The van der Waals surface area contributed by atoms with Crippen molar-refractivity contribution in [3.63, 3.8) is 0 Å². The Kier molecular flexibility index (Phi) is 8.07. The monoisotopic (exact) mass is 518 g/mol. The molecule has 3 unspecified atom stereocenters. The minimum Gasteiger partial charge on any atom is -0.491 e. The van der Waals surface area contributed by atoms with Crippen LogP contribution >= 0.6 is 23.4 Å². The van der Waals surface area contributed by atoms with Crippen LogP contribution in [0, 0.1) is 5.92 Å². The van der Waals surface area contributed by atoms with Crippen LogP contribution < -0.4 is 14.8 Å². The van der Waals surface area contributed by atoms with E-state index in [2.05, 4.69) is 5.32 Å². The van der Waals surface area contributed by atoms with Gasteiger partial charge in [0.05, 0.1) is 17.8 Å². The van der Waals surface area contributed by atoms with Gasteiger partial charge in [0.2, 0.25) is 5.91 Å². The summed E-state index contributed by atoms with van der Waals surface area (Å²) in [5.41, 5.74) is 0.936. The third-order valence-electron chi connectivity index (χ3n) is 5.84. The number of ether oxygens (including phenoxy) is 3. The van der Waals surface area contributed by atoms with Crippen LogP contribution in [0.3, 0.4) is 0 Å². The fraction of sp³-hybridized carbons (Fsp3) is 0.400. The summed E-state index contributed by atoms with van der Waals surface area (Å²) in [7, 11) is 0. The Morgan fingerprint density at radius 2 is 1.89 bits per heavy atom. The van der Waals surface area contributed by atoms with E-state index in [0.29, 0.717) is 36.1 Å². The molecular formula is C25H27ClN2O6S. The second-order valence-corrected chi connectivity index (χ2v) is 10.4. The predicted octanol–water partition coefficient (Wildman–Crippen LogP) is 4.54. The molecule has 2 fully saturated rings. The molecule has 0 bridgehead atoms. The molecular weight excluding hydrogens is 492 g/mol. The lowest BCUT2D eigenvalue weighted by molar-refractivity contribution is -0.118. The van der Waals surface area contributed by atoms with Crippen LogP contribution in [0.1, 0.15) is 19.4 Å². The second-order valence-electron chi connectivity index (χ2n) is 8.78. The van der Waals surface area contributed by atoms with Gasteiger partial charge in [-0.3, -0.25) is 19.8 Å². The van der Waals surface area contributed by atoms with E-state index in [-0.39, 0.29) is 41.9 Å². The summed E-state index contributed by atoms with van der Waals surface area (Å²) in [6.07, 6.45) is -0.307. The Hall–Kier alpha value is -2.91. The average Bonchev–Trinajstić information content (AvgIpc) is 3.34. The van der Waals surface area contributed by atoms with Crippen molar-refractivity contribution < 1.29 is 28.6 Å². The van der Waals surface area contributed by atoms with Gasteiger partial charge >= 0.3 is 6.09 Å². The van der Waals surface area contributed by atoms with Gasteiger partial charge in [0, 0.05) is 5.02 Å². The molecule has 3 amide bonds. The molecule has 2 aliphatic heterocycles. The molecule has 3 atom stereocenters. The molecule has 0 saturated carbocycles. The lowest BCUT2D eigenvalue weighted by atomic mass is 10.0. The molecule has 1 N–H and O–H groups in total. The first-order valence-corrected chi connectivity index (χ1v) is 12.6. The third-order valence-corrected chi connectivity index (χ3v) is 7.05. The molecule has 2 aliphatic rings. The van der Waals surface area contributed by atoms with Gasteiger partial charge in [-0.1, -0.05) is 55.4 Å². The van der Waals surface area contributed by atoms with Crippen LogP contribution in [0.25, 0.3) is 0 Å². The van der Waals surface area contributed by atoms with Crippen molar-refractivity contribution in [2.75, 3.05) is 19.8 Å². The first kappa shape index (κ1) is 25.2. The van der Waals surface area contributed by atoms with E-state index < -0.39 is 5.25 Å². The number of nitrogens with zero attached hydrogens (tertiary/aromatic N) is 1. The summed E-state index contributed by atoms with van der Waals surface area (Å²) < 4.78 is 17.3. The molecule has 35 heavy (non-hydrogen) atoms. The number of amides is 3. The zero-order valence-electron chi connectivity index (χ0n) is 19.4. The summed E-state index contributed by atoms with van der Waals surface area (Å²) in [6.45, 7) is 5.02. The molecule has 10 heteroatoms. The molecule has 2 saturated heterocycles. The van der Waals surface area contributed by atoms with Gasteiger partial charge in [-0.15, -0.1) is 0 Å². The summed E-state index contributed by atoms with van der Waals surface area (Å²) in [5.74, 6) is 1.17. The van der Waals surface area contributed by atoms with Gasteiger partial charge in [0.15, 0.2) is 6.10 Å². The number of hydrogen-bond acceptors (Lipinski definition) is 7. The van der Waals surface area contributed by atoms with Crippen LogP contribution in [0.15, 0.2) is 48.5 Å². The first-order valence-electron chi connectivity index (χ1n) is 11.4. The van der Waals surface area contributed by atoms with Crippen molar-refractivity contribution in [2.24, 2.45) is 5.92 Å². The SMILES string of the molecule is CC(C)C(COc1ccc(CC2SC(=O)NC2=O)cc1)N1CC(COc2cccc(Cl)c2)OC1=O. The quantitative estimate of drug-likeness (QED) is 0.493. The van der Waals surface area contributed by atoms with Crippen molar-refractivity contribution in [3.8, 4) is 11.5 Å². The fourth-order valence-electron chi connectivity index (χ4n) is 3.93. The van der Waals surface area contributed by atoms with Crippen LogP contribution in [0.2, 0.25) is 5.02 Å². The third kappa shape index (κ3) is 6.61. The highest BCUT2D eigenvalue weighted by atomic mass is 35.5. The Labute approximate surface area is 213 Å². The van der Waals surface area contributed by atoms with Crippen LogP contribution in [-0.2, 0) is 16.0 Å². The minimum atomic E-state index is -0.406. The summed E-state index contributed by atoms with van der Waals surface area (Å²) in [6, 6.07) is 14.3. The van der Waals surface area contributed by atoms with E-state index in [0.717, 1.165) is 17.3 Å². The van der Waals surface area contributed by atoms with Crippen LogP contribution in [0.5, 0.6) is 11.5 Å². The topological polar surface area (TPSA) is 94.2 Å². The number of hydrogen-bond donors (Lipinski definition) is 1. The Morgan fingerprint density at radius 1 is 1.11 bits per heavy atom. The molecule has 2 aromatic rings. The molecule has 0 spiro atoms. The zero-order chi connectivity index (χ0) is 24.9. The molecule has 2 heterocycles. The summed E-state index contributed by atoms with van der Waals surface area (Å²) in [4.78, 5) is 37.4. The van der Waals surface area contributed by atoms with Crippen LogP contribution in [0.4, 0.5) is 9.59 Å². The van der Waals surface area contributed by atoms with Gasteiger partial charge in [0.25, 0.3) is 5.24 Å². The number of rotatable bonds is 10. The maximum absolute atomic E-state index is 12.6. The summed E-state index contributed by atoms with van der Waals surface area (Å²) in [5, 5.41) is 2.16. The average molecular weight is 519 g/mol. The van der Waals surface area contributed by atoms with Crippen molar-refractivity contribution in [2.45, 2.75) is 37.7 Å². The second kappa shape index (κ2) is 11.2. The van der Waals surface area contributed by atoms with Crippen molar-refractivity contribution in [3.05, 3.63) is 59.1 Å². The normalized spacial score (nSPS) is 20.7. The maximum atomic E-state index is 12.6. The summed E-state index contributed by atoms with van der Waals surface area (Å²) >= 11 is 7.00. The van der Waals surface area contributed by atoms with Gasteiger partial charge in [-0.2, -0.15) is 0 Å². The Balaban J connectivity index is 1.29. The molecule has 2 aromatic carbocycles. The van der Waals surface area contributed by atoms with Gasteiger partial charge in [-0.05, 0) is 48.2 Å². The van der Waals surface area contributed by atoms with Crippen molar-refractivity contribution in [1.82, 2.24) is 10.2 Å². The van der Waals surface area contributed by atoms with E-state index in [1.54, 1.807) is 29.2 Å². The lowest BCUT2D eigenvalue weighted by Gasteiger charge is -2.29. The van der Waals surface area contributed by atoms with Crippen molar-refractivity contribution in [1.29, 1.82) is 0 Å². The number of imide groups is 1. The molecule has 4 rings (SSSR count). The largest absolute Gasteiger partial charge is 0.491 e.